The first-order chi connectivity index (χ1) is 4.44. The van der Waals surface area contributed by atoms with E-state index in [9.17, 15) is 0 Å². The summed E-state index contributed by atoms with van der Waals surface area (Å²) in [5.41, 5.74) is 0.500. The molecule has 0 aromatic heterocycles. The molecule has 1 N–H and O–H groups in total. The summed E-state index contributed by atoms with van der Waals surface area (Å²) in [6, 6.07) is 0. The van der Waals surface area contributed by atoms with Crippen molar-refractivity contribution in [1.29, 1.82) is 0 Å². The molecule has 0 radical (unpaired) electrons. The summed E-state index contributed by atoms with van der Waals surface area (Å²) in [5, 5.41) is 3.00. The second-order valence-corrected chi connectivity index (χ2v) is 4.27. The van der Waals surface area contributed by atoms with E-state index < -0.39 is 0 Å². The molecule has 0 aliphatic carbocycles. The summed E-state index contributed by atoms with van der Waals surface area (Å²) in [7, 11) is 0. The molecule has 1 fully saturated rings. The summed E-state index contributed by atoms with van der Waals surface area (Å²) >= 11 is 0. The first-order valence-electron chi connectivity index (χ1n) is 4.15. The van der Waals surface area contributed by atoms with Crippen molar-refractivity contribution < 1.29 is 0 Å². The summed E-state index contributed by atoms with van der Waals surface area (Å²) < 4.78 is 0. The third-order valence-corrected chi connectivity index (χ3v) is 1.98. The van der Waals surface area contributed by atoms with Crippen LogP contribution in [0, 0.1) is 11.3 Å². The first kappa shape index (κ1) is 9.96. The maximum Gasteiger partial charge on any atom is 0.00772 e. The molecule has 0 unspecified atom stereocenters. The fraction of sp³-hybridized carbons (Fsp3) is 1.00. The maximum atomic E-state index is 3.00. The number of nitrogens with one attached hydrogen (secondary N) is 1. The Labute approximate surface area is 65.2 Å². The van der Waals surface area contributed by atoms with Crippen molar-refractivity contribution in [3.8, 4) is 0 Å². The van der Waals surface area contributed by atoms with Gasteiger partial charge in [0.05, 0.1) is 0 Å². The van der Waals surface area contributed by atoms with Gasteiger partial charge in [0.25, 0.3) is 0 Å². The van der Waals surface area contributed by atoms with Crippen molar-refractivity contribution in [3.05, 3.63) is 0 Å². The average molecular weight is 143 g/mol. The molecule has 1 aliphatic heterocycles. The molecule has 0 aromatic carbocycles. The molecule has 62 valence electrons. The summed E-state index contributed by atoms with van der Waals surface area (Å²) in [5.74, 6) is 0.799. The highest BCUT2D eigenvalue weighted by molar-refractivity contribution is 4.64. The minimum atomic E-state index is 0.500. The number of rotatable bonds is 0. The molecule has 1 heteroatoms. The van der Waals surface area contributed by atoms with E-state index in [-0.39, 0.29) is 0 Å². The van der Waals surface area contributed by atoms with Crippen LogP contribution >= 0.6 is 0 Å². The van der Waals surface area contributed by atoms with Crippen LogP contribution in [0.1, 0.15) is 34.6 Å². The Morgan fingerprint density at radius 3 is 1.30 bits per heavy atom. The minimum Gasteiger partial charge on any atom is -0.314 e. The lowest BCUT2D eigenvalue weighted by Gasteiger charge is -2.22. The minimum absolute atomic E-state index is 0.500. The molecule has 0 spiro atoms. The van der Waals surface area contributed by atoms with E-state index in [1.807, 2.05) is 0 Å². The third-order valence-electron chi connectivity index (χ3n) is 1.98. The van der Waals surface area contributed by atoms with Crippen molar-refractivity contribution in [2.45, 2.75) is 34.6 Å². The lowest BCUT2D eigenvalue weighted by molar-refractivity contribution is 0.283. The van der Waals surface area contributed by atoms with Gasteiger partial charge in [-0.2, -0.15) is 0 Å². The van der Waals surface area contributed by atoms with Crippen LogP contribution in [0.3, 0.4) is 0 Å². The van der Waals surface area contributed by atoms with Crippen molar-refractivity contribution in [1.82, 2.24) is 5.32 Å². The molecule has 10 heavy (non-hydrogen) atoms. The van der Waals surface area contributed by atoms with E-state index in [1.54, 1.807) is 0 Å². The van der Waals surface area contributed by atoms with Gasteiger partial charge in [-0.05, 0) is 11.3 Å². The van der Waals surface area contributed by atoms with Crippen molar-refractivity contribution in [3.63, 3.8) is 0 Å². The maximum absolute atomic E-state index is 3.00. The van der Waals surface area contributed by atoms with Crippen LogP contribution in [-0.2, 0) is 0 Å². The standard InChI is InChI=1S/C7H16.C2H5N/c1-6(2)7(3,4)5;1-2-3-1/h6H,1-5H3;3H,1-2H2. The molecule has 1 aliphatic rings. The van der Waals surface area contributed by atoms with Crippen LogP contribution in [0.5, 0.6) is 0 Å². The monoisotopic (exact) mass is 143 g/mol. The first-order valence-corrected chi connectivity index (χ1v) is 4.15. The van der Waals surface area contributed by atoms with Gasteiger partial charge in [-0.1, -0.05) is 34.6 Å². The molecule has 0 atom stereocenters. The van der Waals surface area contributed by atoms with Crippen LogP contribution in [0.4, 0.5) is 0 Å². The van der Waals surface area contributed by atoms with Crippen molar-refractivity contribution >= 4 is 0 Å². The van der Waals surface area contributed by atoms with E-state index in [0.717, 1.165) is 5.92 Å². The molecule has 1 heterocycles. The Kier molecular flexibility index (Phi) is 3.95. The zero-order chi connectivity index (χ0) is 8.20. The quantitative estimate of drug-likeness (QED) is 0.516. The van der Waals surface area contributed by atoms with E-state index in [1.165, 1.54) is 13.1 Å². The predicted molar refractivity (Wildman–Crippen MR) is 47.2 cm³/mol. The van der Waals surface area contributed by atoms with Gasteiger partial charge in [0.15, 0.2) is 0 Å². The summed E-state index contributed by atoms with van der Waals surface area (Å²) in [6.07, 6.45) is 0. The molecule has 0 bridgehead atoms. The van der Waals surface area contributed by atoms with Gasteiger partial charge in [-0.25, -0.2) is 0 Å². The van der Waals surface area contributed by atoms with Gasteiger partial charge < -0.3 is 5.32 Å². The Morgan fingerprint density at radius 2 is 1.30 bits per heavy atom. The number of hydrogen-bond donors (Lipinski definition) is 1. The van der Waals surface area contributed by atoms with Gasteiger partial charge in [0.1, 0.15) is 0 Å². The zero-order valence-corrected chi connectivity index (χ0v) is 7.99. The average Bonchev–Trinajstić information content (AvgIpc) is 2.42. The summed E-state index contributed by atoms with van der Waals surface area (Å²) in [6.45, 7) is 13.8. The zero-order valence-electron chi connectivity index (χ0n) is 7.99. The molecule has 1 nitrogen and oxygen atoms in total. The van der Waals surface area contributed by atoms with Crippen LogP contribution < -0.4 is 5.32 Å². The van der Waals surface area contributed by atoms with Gasteiger partial charge >= 0.3 is 0 Å². The van der Waals surface area contributed by atoms with Crippen molar-refractivity contribution in [2.24, 2.45) is 11.3 Å². The van der Waals surface area contributed by atoms with Crippen LogP contribution in [-0.4, -0.2) is 13.1 Å². The van der Waals surface area contributed by atoms with Gasteiger partial charge in [0, 0.05) is 13.1 Å². The fourth-order valence-electron chi connectivity index (χ4n) is 0. The second-order valence-electron chi connectivity index (χ2n) is 4.27. The van der Waals surface area contributed by atoms with E-state index in [2.05, 4.69) is 39.9 Å². The normalized spacial score (nSPS) is 16.2. The van der Waals surface area contributed by atoms with Crippen LogP contribution in [0.25, 0.3) is 0 Å². The lowest BCUT2D eigenvalue weighted by Crippen LogP contribution is -2.12. The molecule has 0 aromatic rings. The SMILES string of the molecule is C1CN1.CC(C)C(C)(C)C. The molecular formula is C9H21N. The Balaban J connectivity index is 0.000000219. The van der Waals surface area contributed by atoms with Gasteiger partial charge in [-0.15, -0.1) is 0 Å². The van der Waals surface area contributed by atoms with Gasteiger partial charge in [-0.3, -0.25) is 0 Å². The van der Waals surface area contributed by atoms with Crippen LogP contribution in [0.2, 0.25) is 0 Å². The highest BCUT2D eigenvalue weighted by Gasteiger charge is 2.13. The van der Waals surface area contributed by atoms with E-state index >= 15 is 0 Å². The van der Waals surface area contributed by atoms with E-state index in [4.69, 9.17) is 0 Å². The Morgan fingerprint density at radius 1 is 1.10 bits per heavy atom. The topological polar surface area (TPSA) is 21.9 Å². The third kappa shape index (κ3) is 7.96. The summed E-state index contributed by atoms with van der Waals surface area (Å²) in [4.78, 5) is 0. The molecule has 0 saturated carbocycles. The largest absolute Gasteiger partial charge is 0.314 e. The van der Waals surface area contributed by atoms with Crippen LogP contribution in [0.15, 0.2) is 0 Å². The highest BCUT2D eigenvalue weighted by atomic mass is 15.0. The molecule has 0 amide bonds. The number of hydrogen-bond acceptors (Lipinski definition) is 1. The molecule has 1 rings (SSSR count). The Bertz CT molecular complexity index is 74.5. The lowest BCUT2D eigenvalue weighted by atomic mass is 9.84. The molecular weight excluding hydrogens is 122 g/mol. The van der Waals surface area contributed by atoms with Gasteiger partial charge in [0.2, 0.25) is 0 Å². The smallest absolute Gasteiger partial charge is 0.00772 e. The second kappa shape index (κ2) is 3.97. The van der Waals surface area contributed by atoms with Crippen molar-refractivity contribution in [2.75, 3.05) is 13.1 Å². The highest BCUT2D eigenvalue weighted by Crippen LogP contribution is 2.23. The van der Waals surface area contributed by atoms with E-state index in [0.29, 0.717) is 5.41 Å². The fourth-order valence-corrected chi connectivity index (χ4v) is 0. The predicted octanol–water partition coefficient (Wildman–Crippen LogP) is 2.28. The Hall–Kier alpha value is -0.0400. The molecule has 1 saturated heterocycles.